The van der Waals surface area contributed by atoms with Gasteiger partial charge in [0.2, 0.25) is 0 Å². The Bertz CT molecular complexity index is 604. The van der Waals surface area contributed by atoms with E-state index in [0.717, 1.165) is 42.7 Å². The molecule has 0 rings (SSSR count). The fourth-order valence-electron chi connectivity index (χ4n) is 3.18. The average molecular weight is 391 g/mol. The first-order valence-electron chi connectivity index (χ1n) is 10.3. The van der Waals surface area contributed by atoms with Crippen molar-refractivity contribution in [3.05, 3.63) is 47.4 Å². The van der Waals surface area contributed by atoms with E-state index >= 15 is 0 Å². The molecule has 2 unspecified atom stereocenters. The highest BCUT2D eigenvalue weighted by Gasteiger charge is 2.22. The Labute approximate surface area is 173 Å². The molecule has 0 aromatic carbocycles. The van der Waals surface area contributed by atoms with Crippen LogP contribution in [0.5, 0.6) is 0 Å². The Morgan fingerprint density at radius 1 is 1.18 bits per heavy atom. The van der Waals surface area contributed by atoms with Crippen LogP contribution in [0, 0.1) is 0 Å². The predicted molar refractivity (Wildman–Crippen MR) is 123 cm³/mol. The molecule has 4 nitrogen and oxygen atoms in total. The first-order chi connectivity index (χ1) is 13.3. The van der Waals surface area contributed by atoms with Gasteiger partial charge < -0.3 is 14.8 Å². The largest absolute Gasteiger partial charge is 0.497 e. The molecule has 0 aromatic heterocycles. The molecule has 0 aliphatic rings. The van der Waals surface area contributed by atoms with E-state index in [1.165, 1.54) is 11.3 Å². The van der Waals surface area contributed by atoms with Crippen molar-refractivity contribution in [1.29, 1.82) is 0 Å². The summed E-state index contributed by atoms with van der Waals surface area (Å²) in [5, 5.41) is 3.41. The number of rotatable bonds is 13. The second-order valence-electron chi connectivity index (χ2n) is 7.23. The van der Waals surface area contributed by atoms with E-state index in [1.54, 1.807) is 14.2 Å². The molecule has 2 atom stereocenters. The van der Waals surface area contributed by atoms with E-state index in [0.29, 0.717) is 6.04 Å². The number of ether oxygens (including phenoxy) is 2. The Kier molecular flexibility index (Phi) is 12.7. The number of allylic oxidation sites excluding steroid dienone is 3. The van der Waals surface area contributed by atoms with Gasteiger partial charge in [0, 0.05) is 18.9 Å². The van der Waals surface area contributed by atoms with Crippen molar-refractivity contribution < 1.29 is 9.47 Å². The van der Waals surface area contributed by atoms with Gasteiger partial charge in [-0.25, -0.2) is 0 Å². The Hall–Kier alpha value is -1.65. The van der Waals surface area contributed by atoms with Crippen molar-refractivity contribution in [3.63, 3.8) is 0 Å². The second kappa shape index (κ2) is 13.5. The molecule has 0 amide bonds. The lowest BCUT2D eigenvalue weighted by Gasteiger charge is -2.24. The Morgan fingerprint density at radius 2 is 1.82 bits per heavy atom. The highest BCUT2D eigenvalue weighted by molar-refractivity contribution is 5.90. The van der Waals surface area contributed by atoms with Gasteiger partial charge in [-0.15, -0.1) is 0 Å². The topological polar surface area (TPSA) is 42.9 Å². The van der Waals surface area contributed by atoms with E-state index in [-0.39, 0.29) is 0 Å². The minimum absolute atomic E-state index is 0.302. The van der Waals surface area contributed by atoms with Crippen LogP contribution in [-0.2, 0) is 9.47 Å². The van der Waals surface area contributed by atoms with Crippen LogP contribution in [0.15, 0.2) is 52.4 Å². The van der Waals surface area contributed by atoms with Crippen LogP contribution in [-0.4, -0.2) is 38.6 Å². The zero-order valence-corrected chi connectivity index (χ0v) is 19.6. The summed E-state index contributed by atoms with van der Waals surface area (Å²) in [5.41, 5.74) is 3.90. The highest BCUT2D eigenvalue weighted by Crippen LogP contribution is 2.24. The van der Waals surface area contributed by atoms with Gasteiger partial charge in [-0.2, -0.15) is 0 Å². The van der Waals surface area contributed by atoms with E-state index in [1.807, 2.05) is 25.3 Å². The van der Waals surface area contributed by atoms with Crippen LogP contribution in [0.4, 0.5) is 0 Å². The molecule has 4 heteroatoms. The molecule has 0 aliphatic heterocycles. The summed E-state index contributed by atoms with van der Waals surface area (Å²) in [5.74, 6) is 0.742. The van der Waals surface area contributed by atoms with Gasteiger partial charge in [0.05, 0.1) is 12.8 Å². The van der Waals surface area contributed by atoms with E-state index in [9.17, 15) is 0 Å². The van der Waals surface area contributed by atoms with Gasteiger partial charge >= 0.3 is 0 Å². The molecule has 0 aliphatic carbocycles. The summed E-state index contributed by atoms with van der Waals surface area (Å²) < 4.78 is 11.3. The lowest BCUT2D eigenvalue weighted by atomic mass is 9.98. The fraction of sp³-hybridized carbons (Fsp3) is 0.625. The zero-order valence-electron chi connectivity index (χ0n) is 19.6. The predicted octanol–water partition coefficient (Wildman–Crippen LogP) is 5.98. The number of nitrogens with zero attached hydrogens (tertiary/aromatic N) is 1. The van der Waals surface area contributed by atoms with Gasteiger partial charge in [-0.05, 0) is 64.8 Å². The van der Waals surface area contributed by atoms with Crippen LogP contribution in [0.1, 0.15) is 67.2 Å². The molecule has 1 N–H and O–H groups in total. The molecule has 0 spiro atoms. The van der Waals surface area contributed by atoms with Crippen LogP contribution >= 0.6 is 0 Å². The summed E-state index contributed by atoms with van der Waals surface area (Å²) in [6.45, 7) is 16.6. The fourth-order valence-corrected chi connectivity index (χ4v) is 3.18. The van der Waals surface area contributed by atoms with Crippen molar-refractivity contribution in [2.45, 2.75) is 78.9 Å². The maximum atomic E-state index is 5.66. The molecule has 0 heterocycles. The Balaban J connectivity index is 6.14. The maximum absolute atomic E-state index is 5.66. The number of aliphatic imine (C=N–C) groups is 1. The van der Waals surface area contributed by atoms with Gasteiger partial charge in [-0.3, -0.25) is 4.99 Å². The van der Waals surface area contributed by atoms with Gasteiger partial charge in [0.1, 0.15) is 11.4 Å². The van der Waals surface area contributed by atoms with Crippen molar-refractivity contribution in [1.82, 2.24) is 5.32 Å². The minimum atomic E-state index is -0.538. The third-order valence-corrected chi connectivity index (χ3v) is 5.05. The molecule has 28 heavy (non-hydrogen) atoms. The normalized spacial score (nSPS) is 16.4. The lowest BCUT2D eigenvalue weighted by molar-refractivity contribution is 0.0678. The van der Waals surface area contributed by atoms with Crippen LogP contribution in [0.2, 0.25) is 0 Å². The van der Waals surface area contributed by atoms with Gasteiger partial charge in [0.15, 0.2) is 0 Å². The third-order valence-electron chi connectivity index (χ3n) is 5.05. The summed E-state index contributed by atoms with van der Waals surface area (Å²) >= 11 is 0. The van der Waals surface area contributed by atoms with Crippen molar-refractivity contribution in [2.75, 3.05) is 21.3 Å². The molecule has 0 saturated heterocycles. The molecular weight excluding hydrogens is 348 g/mol. The first kappa shape index (κ1) is 26.4. The van der Waals surface area contributed by atoms with E-state index < -0.39 is 5.60 Å². The van der Waals surface area contributed by atoms with E-state index in [2.05, 4.69) is 53.4 Å². The maximum Gasteiger partial charge on any atom is 0.118 e. The molecule has 0 radical (unpaired) electrons. The summed E-state index contributed by atoms with van der Waals surface area (Å²) in [6.07, 6.45) is 9.72. The van der Waals surface area contributed by atoms with Crippen molar-refractivity contribution in [2.24, 2.45) is 4.99 Å². The standard InChI is InChI=1S/C24H42N2O2/c1-11-15-22(25-8)21(12-2)26-23(18(5)6)19(7)16-20(27-9)17-24(13-3,14-4)28-10/h13,16-17,22,25H,3,11-12,14-15H2,1-2,4-10H3/b19-16+,20-17+,26-21-. The van der Waals surface area contributed by atoms with Crippen LogP contribution in [0.25, 0.3) is 0 Å². The molecular formula is C24H42N2O2. The molecule has 0 saturated carbocycles. The number of hydrogen-bond donors (Lipinski definition) is 1. The molecule has 0 aromatic rings. The SMILES string of the molecule is C=CC(/C=C(\C=C(/C)C(/N=C(/CC)C(CCC)NC)=C(C)C)OC)(CC)OC. The highest BCUT2D eigenvalue weighted by atomic mass is 16.5. The Morgan fingerprint density at radius 3 is 2.18 bits per heavy atom. The number of nitrogens with one attached hydrogen (secondary N) is 1. The van der Waals surface area contributed by atoms with Crippen molar-refractivity contribution in [3.8, 4) is 0 Å². The average Bonchev–Trinajstić information content (AvgIpc) is 2.70. The van der Waals surface area contributed by atoms with Gasteiger partial charge in [0.25, 0.3) is 0 Å². The quantitative estimate of drug-likeness (QED) is 0.182. The molecule has 0 fully saturated rings. The lowest BCUT2D eigenvalue weighted by Crippen LogP contribution is -2.33. The van der Waals surface area contributed by atoms with Crippen molar-refractivity contribution >= 4 is 5.71 Å². The number of methoxy groups -OCH3 is 2. The number of hydrogen-bond acceptors (Lipinski definition) is 4. The minimum Gasteiger partial charge on any atom is -0.497 e. The molecule has 0 bridgehead atoms. The van der Waals surface area contributed by atoms with Crippen LogP contribution < -0.4 is 5.32 Å². The van der Waals surface area contributed by atoms with Gasteiger partial charge in [-0.1, -0.05) is 45.4 Å². The third kappa shape index (κ3) is 7.76. The first-order valence-corrected chi connectivity index (χ1v) is 10.3. The summed E-state index contributed by atoms with van der Waals surface area (Å²) in [6, 6.07) is 0.302. The van der Waals surface area contributed by atoms with Crippen LogP contribution in [0.3, 0.4) is 0 Å². The summed E-state index contributed by atoms with van der Waals surface area (Å²) in [7, 11) is 5.37. The zero-order chi connectivity index (χ0) is 21.7. The molecule has 160 valence electrons. The second-order valence-corrected chi connectivity index (χ2v) is 7.23. The smallest absolute Gasteiger partial charge is 0.118 e. The van der Waals surface area contributed by atoms with E-state index in [4.69, 9.17) is 14.5 Å². The monoisotopic (exact) mass is 390 g/mol. The summed E-state index contributed by atoms with van der Waals surface area (Å²) in [4.78, 5) is 5.06.